The molecule has 2 rings (SSSR count). The quantitative estimate of drug-likeness (QED) is 0.792. The molecular formula is C15H22N2O2. The molecule has 4 heteroatoms. The smallest absolute Gasteiger partial charge is 0.176 e. The van der Waals surface area contributed by atoms with Crippen LogP contribution in [0.4, 0.5) is 0 Å². The number of aromatic hydroxyl groups is 1. The first kappa shape index (κ1) is 14.0. The molecule has 0 unspecified atom stereocenters. The van der Waals surface area contributed by atoms with Crippen molar-refractivity contribution in [2.75, 3.05) is 26.2 Å². The molecule has 0 spiro atoms. The molecule has 0 aromatic heterocycles. The van der Waals surface area contributed by atoms with Crippen LogP contribution in [0.5, 0.6) is 5.75 Å². The van der Waals surface area contributed by atoms with Gasteiger partial charge in [-0.3, -0.25) is 9.69 Å². The molecule has 1 aromatic carbocycles. The van der Waals surface area contributed by atoms with Crippen LogP contribution in [0.15, 0.2) is 24.3 Å². The largest absolute Gasteiger partial charge is 0.508 e. The fraction of sp³-hybridized carbons (Fsp3) is 0.533. The number of benzene rings is 1. The Bertz CT molecular complexity index is 411. The van der Waals surface area contributed by atoms with E-state index in [9.17, 15) is 9.90 Å². The number of piperidine rings is 1. The molecule has 1 heterocycles. The van der Waals surface area contributed by atoms with E-state index in [1.807, 2.05) is 0 Å². The fourth-order valence-corrected chi connectivity index (χ4v) is 2.59. The van der Waals surface area contributed by atoms with Crippen molar-refractivity contribution >= 4 is 5.78 Å². The number of rotatable bonds is 5. The van der Waals surface area contributed by atoms with Crippen LogP contribution in [0.25, 0.3) is 0 Å². The molecule has 1 aliphatic heterocycles. The average molecular weight is 262 g/mol. The van der Waals surface area contributed by atoms with Gasteiger partial charge in [-0.25, -0.2) is 0 Å². The monoisotopic (exact) mass is 262 g/mol. The number of hydrogen-bond acceptors (Lipinski definition) is 4. The highest BCUT2D eigenvalue weighted by Gasteiger charge is 2.21. The number of hydrogen-bond donors (Lipinski definition) is 2. The van der Waals surface area contributed by atoms with Gasteiger partial charge in [-0.15, -0.1) is 0 Å². The number of phenolic OH excluding ortho intramolecular Hbond substituents is 1. The minimum Gasteiger partial charge on any atom is -0.508 e. The Kier molecular flexibility index (Phi) is 4.93. The zero-order valence-corrected chi connectivity index (χ0v) is 11.4. The second-order valence-electron chi connectivity index (χ2n) is 5.01. The van der Waals surface area contributed by atoms with E-state index in [0.717, 1.165) is 32.5 Å². The van der Waals surface area contributed by atoms with Crippen molar-refractivity contribution in [1.29, 1.82) is 0 Å². The fourth-order valence-electron chi connectivity index (χ4n) is 2.59. The van der Waals surface area contributed by atoms with Gasteiger partial charge in [-0.05, 0) is 56.7 Å². The lowest BCUT2D eigenvalue weighted by Gasteiger charge is -2.33. The Balaban J connectivity index is 1.97. The van der Waals surface area contributed by atoms with Gasteiger partial charge in [-0.1, -0.05) is 6.92 Å². The number of carbonyl (C=O) groups is 1. The van der Waals surface area contributed by atoms with E-state index in [1.165, 1.54) is 0 Å². The van der Waals surface area contributed by atoms with E-state index in [4.69, 9.17) is 0 Å². The van der Waals surface area contributed by atoms with Crippen LogP contribution in [0.3, 0.4) is 0 Å². The number of nitrogens with zero attached hydrogens (tertiary/aromatic N) is 1. The Morgan fingerprint density at radius 2 is 1.95 bits per heavy atom. The molecule has 4 nitrogen and oxygen atoms in total. The molecule has 1 aliphatic rings. The van der Waals surface area contributed by atoms with Crippen molar-refractivity contribution in [2.24, 2.45) is 0 Å². The predicted molar refractivity (Wildman–Crippen MR) is 75.6 cm³/mol. The molecule has 0 amide bonds. The Hall–Kier alpha value is -1.39. The van der Waals surface area contributed by atoms with E-state index >= 15 is 0 Å². The highest BCUT2D eigenvalue weighted by Crippen LogP contribution is 2.14. The first-order valence-electron chi connectivity index (χ1n) is 6.97. The first-order valence-corrected chi connectivity index (χ1v) is 6.97. The minimum atomic E-state index is 0.125. The number of ketones is 1. The number of phenols is 1. The van der Waals surface area contributed by atoms with Gasteiger partial charge in [0.15, 0.2) is 5.78 Å². The summed E-state index contributed by atoms with van der Waals surface area (Å²) in [6.07, 6.45) is 2.22. The van der Waals surface area contributed by atoms with Crippen LogP contribution in [0.1, 0.15) is 30.1 Å². The maximum atomic E-state index is 12.2. The highest BCUT2D eigenvalue weighted by atomic mass is 16.3. The number of likely N-dealkylation sites (N-methyl/N-ethyl adjacent to an activating group) is 1. The maximum absolute atomic E-state index is 12.2. The van der Waals surface area contributed by atoms with Crippen LogP contribution in [0, 0.1) is 0 Å². The van der Waals surface area contributed by atoms with Gasteiger partial charge in [0.2, 0.25) is 0 Å². The van der Waals surface area contributed by atoms with Crippen LogP contribution >= 0.6 is 0 Å². The Morgan fingerprint density at radius 1 is 1.32 bits per heavy atom. The van der Waals surface area contributed by atoms with Crippen LogP contribution < -0.4 is 5.32 Å². The standard InChI is InChI=1S/C15H22N2O2/c1-2-17(13-7-9-16-10-8-13)11-15(19)12-3-5-14(18)6-4-12/h3-6,13,16,18H,2,7-11H2,1H3. The molecule has 0 radical (unpaired) electrons. The summed E-state index contributed by atoms with van der Waals surface area (Å²) in [4.78, 5) is 14.5. The minimum absolute atomic E-state index is 0.125. The first-order chi connectivity index (χ1) is 9.20. The lowest BCUT2D eigenvalue weighted by Crippen LogP contribution is -2.45. The molecular weight excluding hydrogens is 240 g/mol. The molecule has 0 bridgehead atoms. The molecule has 1 fully saturated rings. The number of nitrogens with one attached hydrogen (secondary N) is 1. The molecule has 19 heavy (non-hydrogen) atoms. The van der Waals surface area contributed by atoms with Crippen molar-refractivity contribution in [3.63, 3.8) is 0 Å². The SMILES string of the molecule is CCN(CC(=O)c1ccc(O)cc1)C1CCNCC1. The van der Waals surface area contributed by atoms with E-state index in [0.29, 0.717) is 18.2 Å². The van der Waals surface area contributed by atoms with E-state index < -0.39 is 0 Å². The Labute approximate surface area is 114 Å². The number of Topliss-reactive ketones (excluding diaryl/α,β-unsaturated/α-hetero) is 1. The van der Waals surface area contributed by atoms with Crippen molar-refractivity contribution < 1.29 is 9.90 Å². The van der Waals surface area contributed by atoms with E-state index in [1.54, 1.807) is 24.3 Å². The van der Waals surface area contributed by atoms with Crippen molar-refractivity contribution in [1.82, 2.24) is 10.2 Å². The van der Waals surface area contributed by atoms with Crippen molar-refractivity contribution in [2.45, 2.75) is 25.8 Å². The summed E-state index contributed by atoms with van der Waals surface area (Å²) in [5, 5.41) is 12.6. The summed E-state index contributed by atoms with van der Waals surface area (Å²) < 4.78 is 0. The average Bonchev–Trinajstić information content (AvgIpc) is 2.46. The summed E-state index contributed by atoms with van der Waals surface area (Å²) in [5.74, 6) is 0.322. The van der Waals surface area contributed by atoms with Gasteiger partial charge in [0.1, 0.15) is 5.75 Å². The second kappa shape index (κ2) is 6.68. The normalized spacial score (nSPS) is 16.7. The maximum Gasteiger partial charge on any atom is 0.176 e. The molecule has 0 atom stereocenters. The Morgan fingerprint density at radius 3 is 2.53 bits per heavy atom. The molecule has 1 saturated heterocycles. The van der Waals surface area contributed by atoms with Gasteiger partial charge >= 0.3 is 0 Å². The van der Waals surface area contributed by atoms with Crippen LogP contribution in [0.2, 0.25) is 0 Å². The summed E-state index contributed by atoms with van der Waals surface area (Å²) >= 11 is 0. The second-order valence-corrected chi connectivity index (χ2v) is 5.01. The topological polar surface area (TPSA) is 52.6 Å². The molecule has 104 valence electrons. The van der Waals surface area contributed by atoms with Gasteiger partial charge in [0.25, 0.3) is 0 Å². The molecule has 1 aromatic rings. The zero-order chi connectivity index (χ0) is 13.7. The van der Waals surface area contributed by atoms with Gasteiger partial charge in [0, 0.05) is 11.6 Å². The van der Waals surface area contributed by atoms with Gasteiger partial charge in [0.05, 0.1) is 6.54 Å². The van der Waals surface area contributed by atoms with Crippen molar-refractivity contribution in [3.05, 3.63) is 29.8 Å². The number of carbonyl (C=O) groups excluding carboxylic acids is 1. The van der Waals surface area contributed by atoms with Gasteiger partial charge in [-0.2, -0.15) is 0 Å². The molecule has 2 N–H and O–H groups in total. The summed E-state index contributed by atoms with van der Waals surface area (Å²) in [5.41, 5.74) is 0.671. The molecule has 0 aliphatic carbocycles. The van der Waals surface area contributed by atoms with Crippen LogP contribution in [-0.4, -0.2) is 48.0 Å². The molecule has 0 saturated carbocycles. The van der Waals surface area contributed by atoms with Crippen LogP contribution in [-0.2, 0) is 0 Å². The summed E-state index contributed by atoms with van der Waals surface area (Å²) in [6.45, 7) is 5.54. The predicted octanol–water partition coefficient (Wildman–Crippen LogP) is 1.65. The lowest BCUT2D eigenvalue weighted by molar-refractivity contribution is 0.0874. The third kappa shape index (κ3) is 3.78. The van der Waals surface area contributed by atoms with Gasteiger partial charge < -0.3 is 10.4 Å². The third-order valence-electron chi connectivity index (χ3n) is 3.77. The lowest BCUT2D eigenvalue weighted by atomic mass is 10.0. The van der Waals surface area contributed by atoms with Crippen molar-refractivity contribution in [3.8, 4) is 5.75 Å². The zero-order valence-electron chi connectivity index (χ0n) is 11.4. The van der Waals surface area contributed by atoms with E-state index in [2.05, 4.69) is 17.1 Å². The van der Waals surface area contributed by atoms with E-state index in [-0.39, 0.29) is 11.5 Å². The third-order valence-corrected chi connectivity index (χ3v) is 3.77. The summed E-state index contributed by atoms with van der Waals surface area (Å²) in [6, 6.07) is 7.01. The summed E-state index contributed by atoms with van der Waals surface area (Å²) in [7, 11) is 0. The highest BCUT2D eigenvalue weighted by molar-refractivity contribution is 5.97.